The molecule has 1 aromatic carbocycles. The zero-order valence-electron chi connectivity index (χ0n) is 12.6. The SMILES string of the molecule is CC(C)N1CCCC1c1cc(F)cc(OCC(O)CO)c1. The maximum absolute atomic E-state index is 13.8. The Morgan fingerprint density at radius 1 is 1.38 bits per heavy atom. The lowest BCUT2D eigenvalue weighted by Crippen LogP contribution is -2.30. The molecule has 1 fully saturated rings. The molecule has 0 amide bonds. The van der Waals surface area contributed by atoms with Crippen molar-refractivity contribution in [3.63, 3.8) is 0 Å². The lowest BCUT2D eigenvalue weighted by Gasteiger charge is -2.28. The third-order valence-electron chi connectivity index (χ3n) is 3.89. The fourth-order valence-electron chi connectivity index (χ4n) is 2.87. The van der Waals surface area contributed by atoms with Gasteiger partial charge in [0.1, 0.15) is 24.3 Å². The normalized spacial score (nSPS) is 21.0. The Balaban J connectivity index is 2.14. The zero-order chi connectivity index (χ0) is 15.4. The van der Waals surface area contributed by atoms with Crippen LogP contribution in [0.15, 0.2) is 18.2 Å². The largest absolute Gasteiger partial charge is 0.491 e. The molecule has 2 unspecified atom stereocenters. The summed E-state index contributed by atoms with van der Waals surface area (Å²) in [4.78, 5) is 2.36. The molecule has 0 bridgehead atoms. The molecule has 1 aliphatic rings. The van der Waals surface area contributed by atoms with Gasteiger partial charge in [0.05, 0.1) is 6.61 Å². The number of ether oxygens (including phenoxy) is 1. The predicted octanol–water partition coefficient (Wildman–Crippen LogP) is 2.10. The van der Waals surface area contributed by atoms with Crippen LogP contribution in [-0.2, 0) is 0 Å². The molecule has 1 aliphatic heterocycles. The van der Waals surface area contributed by atoms with Gasteiger partial charge in [0.15, 0.2) is 0 Å². The molecule has 0 radical (unpaired) electrons. The predicted molar refractivity (Wildman–Crippen MR) is 78.8 cm³/mol. The summed E-state index contributed by atoms with van der Waals surface area (Å²) >= 11 is 0. The van der Waals surface area contributed by atoms with Gasteiger partial charge in [-0.05, 0) is 50.9 Å². The van der Waals surface area contributed by atoms with Crippen molar-refractivity contribution in [3.8, 4) is 5.75 Å². The number of hydrogen-bond acceptors (Lipinski definition) is 4. The quantitative estimate of drug-likeness (QED) is 0.844. The van der Waals surface area contributed by atoms with Crippen molar-refractivity contribution in [2.24, 2.45) is 0 Å². The Kier molecular flexibility index (Phi) is 5.56. The van der Waals surface area contributed by atoms with Crippen molar-refractivity contribution in [3.05, 3.63) is 29.6 Å². The van der Waals surface area contributed by atoms with Crippen molar-refractivity contribution in [2.75, 3.05) is 19.8 Å². The molecule has 5 heteroatoms. The minimum Gasteiger partial charge on any atom is -0.491 e. The molecule has 0 saturated carbocycles. The fraction of sp³-hybridized carbons (Fsp3) is 0.625. The van der Waals surface area contributed by atoms with Crippen LogP contribution in [0.5, 0.6) is 5.75 Å². The van der Waals surface area contributed by atoms with E-state index < -0.39 is 6.10 Å². The minimum absolute atomic E-state index is 0.0437. The third-order valence-corrected chi connectivity index (χ3v) is 3.89. The number of nitrogens with zero attached hydrogens (tertiary/aromatic N) is 1. The maximum Gasteiger partial charge on any atom is 0.127 e. The second-order valence-electron chi connectivity index (χ2n) is 5.86. The van der Waals surface area contributed by atoms with Crippen LogP contribution < -0.4 is 4.74 Å². The molecule has 2 N–H and O–H groups in total. The Morgan fingerprint density at radius 3 is 2.81 bits per heavy atom. The van der Waals surface area contributed by atoms with Gasteiger partial charge in [0, 0.05) is 18.2 Å². The Hall–Kier alpha value is -1.17. The van der Waals surface area contributed by atoms with Crippen molar-refractivity contribution in [1.82, 2.24) is 4.90 Å². The first-order chi connectivity index (χ1) is 10.0. The topological polar surface area (TPSA) is 52.9 Å². The summed E-state index contributed by atoms with van der Waals surface area (Å²) in [7, 11) is 0. The van der Waals surface area contributed by atoms with E-state index in [0.29, 0.717) is 11.8 Å². The highest BCUT2D eigenvalue weighted by molar-refractivity contribution is 5.32. The minimum atomic E-state index is -0.949. The van der Waals surface area contributed by atoms with Crippen molar-refractivity contribution >= 4 is 0 Å². The number of halogens is 1. The second kappa shape index (κ2) is 7.20. The highest BCUT2D eigenvalue weighted by Crippen LogP contribution is 2.35. The first-order valence-electron chi connectivity index (χ1n) is 7.49. The summed E-state index contributed by atoms with van der Waals surface area (Å²) in [5.74, 6) is 0.0599. The van der Waals surface area contributed by atoms with Gasteiger partial charge in [0.25, 0.3) is 0 Å². The van der Waals surface area contributed by atoms with Gasteiger partial charge < -0.3 is 14.9 Å². The molecule has 2 rings (SSSR count). The van der Waals surface area contributed by atoms with E-state index in [-0.39, 0.29) is 25.1 Å². The van der Waals surface area contributed by atoms with Crippen LogP contribution in [0.2, 0.25) is 0 Å². The molecule has 1 saturated heterocycles. The highest BCUT2D eigenvalue weighted by atomic mass is 19.1. The van der Waals surface area contributed by atoms with Gasteiger partial charge >= 0.3 is 0 Å². The zero-order valence-corrected chi connectivity index (χ0v) is 12.6. The van der Waals surface area contributed by atoms with Gasteiger partial charge in [-0.3, -0.25) is 4.90 Å². The van der Waals surface area contributed by atoms with Crippen LogP contribution >= 0.6 is 0 Å². The number of hydrogen-bond donors (Lipinski definition) is 2. The van der Waals surface area contributed by atoms with E-state index in [1.54, 1.807) is 6.07 Å². The molecule has 118 valence electrons. The van der Waals surface area contributed by atoms with Crippen LogP contribution in [0, 0.1) is 5.82 Å². The summed E-state index contributed by atoms with van der Waals surface area (Å²) in [6, 6.07) is 5.33. The van der Waals surface area contributed by atoms with Crippen LogP contribution in [0.3, 0.4) is 0 Å². The smallest absolute Gasteiger partial charge is 0.127 e. The van der Waals surface area contributed by atoms with Crippen molar-refractivity contribution < 1.29 is 19.3 Å². The molecular formula is C16H24FNO3. The monoisotopic (exact) mass is 297 g/mol. The summed E-state index contributed by atoms with van der Waals surface area (Å²) in [5, 5.41) is 18.1. The van der Waals surface area contributed by atoms with E-state index in [1.807, 2.05) is 6.07 Å². The molecule has 0 aliphatic carbocycles. The Bertz CT molecular complexity index is 467. The van der Waals surface area contributed by atoms with E-state index in [0.717, 1.165) is 24.9 Å². The van der Waals surface area contributed by atoms with E-state index in [1.165, 1.54) is 6.07 Å². The average molecular weight is 297 g/mol. The molecule has 0 spiro atoms. The number of aliphatic hydroxyl groups is 2. The van der Waals surface area contributed by atoms with Crippen molar-refractivity contribution in [1.29, 1.82) is 0 Å². The first-order valence-corrected chi connectivity index (χ1v) is 7.49. The number of rotatable bonds is 6. The summed E-state index contributed by atoms with van der Waals surface area (Å²) < 4.78 is 19.2. The average Bonchev–Trinajstić information content (AvgIpc) is 2.93. The van der Waals surface area contributed by atoms with Gasteiger partial charge in [-0.2, -0.15) is 0 Å². The van der Waals surface area contributed by atoms with Gasteiger partial charge in [-0.1, -0.05) is 0 Å². The van der Waals surface area contributed by atoms with Crippen LogP contribution in [0.1, 0.15) is 38.3 Å². The molecule has 2 atom stereocenters. The Morgan fingerprint density at radius 2 is 2.14 bits per heavy atom. The van der Waals surface area contributed by atoms with Gasteiger partial charge in [-0.15, -0.1) is 0 Å². The summed E-state index contributed by atoms with van der Waals surface area (Å²) in [6.07, 6.45) is 1.18. The highest BCUT2D eigenvalue weighted by Gasteiger charge is 2.28. The van der Waals surface area contributed by atoms with Crippen LogP contribution in [0.4, 0.5) is 4.39 Å². The van der Waals surface area contributed by atoms with E-state index in [9.17, 15) is 9.50 Å². The number of benzene rings is 1. The van der Waals surface area contributed by atoms with Gasteiger partial charge in [-0.25, -0.2) is 4.39 Å². The molecule has 4 nitrogen and oxygen atoms in total. The third kappa shape index (κ3) is 4.15. The van der Waals surface area contributed by atoms with E-state index in [4.69, 9.17) is 9.84 Å². The molecule has 0 aromatic heterocycles. The first kappa shape index (κ1) is 16.2. The Labute approximate surface area is 125 Å². The summed E-state index contributed by atoms with van der Waals surface area (Å²) in [6.45, 7) is 4.90. The van der Waals surface area contributed by atoms with Crippen LogP contribution in [0.25, 0.3) is 0 Å². The number of likely N-dealkylation sites (tertiary alicyclic amines) is 1. The fourth-order valence-corrected chi connectivity index (χ4v) is 2.87. The standard InChI is InChI=1S/C16H24FNO3/c1-11(2)18-5-3-4-16(18)12-6-13(17)8-15(7-12)21-10-14(20)9-19/h6-8,11,14,16,19-20H,3-5,9-10H2,1-2H3. The number of aliphatic hydroxyl groups excluding tert-OH is 2. The molecular weight excluding hydrogens is 273 g/mol. The molecule has 1 aromatic rings. The van der Waals surface area contributed by atoms with Gasteiger partial charge in [0.2, 0.25) is 0 Å². The van der Waals surface area contributed by atoms with E-state index in [2.05, 4.69) is 18.7 Å². The van der Waals surface area contributed by atoms with Crippen molar-refractivity contribution in [2.45, 2.75) is 44.9 Å². The van der Waals surface area contributed by atoms with E-state index >= 15 is 0 Å². The molecule has 1 heterocycles. The lowest BCUT2D eigenvalue weighted by molar-refractivity contribution is 0.0534. The lowest BCUT2D eigenvalue weighted by atomic mass is 10.0. The summed E-state index contributed by atoms with van der Waals surface area (Å²) in [5.41, 5.74) is 0.912. The second-order valence-corrected chi connectivity index (χ2v) is 5.86. The maximum atomic E-state index is 13.8. The van der Waals surface area contributed by atoms with Crippen LogP contribution in [-0.4, -0.2) is 47.0 Å². The molecule has 21 heavy (non-hydrogen) atoms.